The largest absolute Gasteiger partial charge is 0.529 e. The second-order valence-corrected chi connectivity index (χ2v) is 20.8. The number of aliphatic hydroxyl groups excluding tert-OH is 1. The number of carbonyl (C=O) groups excluding carboxylic acids is 1. The van der Waals surface area contributed by atoms with Crippen molar-refractivity contribution in [2.24, 2.45) is 34.5 Å². The van der Waals surface area contributed by atoms with Gasteiger partial charge in [0, 0.05) is 49.6 Å². The van der Waals surface area contributed by atoms with E-state index in [2.05, 4.69) is 43.5 Å². The maximum Gasteiger partial charge on any atom is 0.529 e. The SMILES string of the molecule is CC(=O)[C@H]1CC[C@H]2[C@@H]3CC=C4C[C@@H](O)CC[C@]4(C)[C@H]3CC[C@]12C.CCOP(=S)(OCC)Oc1cc(C)nc(C(C)C)n1.COP(=O)(OC)OC=C(Cl)Cl. The molecule has 7 atom stereocenters. The van der Waals surface area contributed by atoms with Gasteiger partial charge >= 0.3 is 14.5 Å². The van der Waals surface area contributed by atoms with Crippen molar-refractivity contribution in [3.8, 4) is 5.88 Å². The molecule has 11 nitrogen and oxygen atoms in total. The van der Waals surface area contributed by atoms with Crippen molar-refractivity contribution < 1.29 is 41.6 Å². The van der Waals surface area contributed by atoms with Crippen LogP contribution in [0.25, 0.3) is 0 Å². The number of phosphoric acid groups is 1. The quantitative estimate of drug-likeness (QED) is 0.122. The van der Waals surface area contributed by atoms with E-state index in [1.165, 1.54) is 39.9 Å². The zero-order valence-corrected chi connectivity index (χ0v) is 37.1. The van der Waals surface area contributed by atoms with Gasteiger partial charge in [-0.05, 0) is 108 Å². The number of halogens is 2. The van der Waals surface area contributed by atoms with Crippen LogP contribution in [0.2, 0.25) is 0 Å². The van der Waals surface area contributed by atoms with Crippen LogP contribution in [-0.4, -0.2) is 54.4 Å². The molecule has 3 fully saturated rings. The molecule has 53 heavy (non-hydrogen) atoms. The van der Waals surface area contributed by atoms with E-state index in [-0.39, 0.29) is 21.9 Å². The Morgan fingerprint density at radius 1 is 1.06 bits per heavy atom. The molecule has 0 aromatic carbocycles. The molecule has 1 heterocycles. The molecule has 0 bridgehead atoms. The molecule has 0 aliphatic heterocycles. The summed E-state index contributed by atoms with van der Waals surface area (Å²) in [7, 11) is -1.12. The van der Waals surface area contributed by atoms with E-state index in [1.807, 2.05) is 41.5 Å². The molecule has 0 spiro atoms. The third-order valence-electron chi connectivity index (χ3n) is 11.4. The van der Waals surface area contributed by atoms with Gasteiger partial charge in [-0.1, -0.05) is 62.5 Å². The van der Waals surface area contributed by atoms with Gasteiger partial charge in [0.15, 0.2) is 0 Å². The Kier molecular flexibility index (Phi) is 17.5. The van der Waals surface area contributed by atoms with Gasteiger partial charge in [-0.25, -0.2) is 9.55 Å². The average molecular weight is 842 g/mol. The van der Waals surface area contributed by atoms with Gasteiger partial charge in [0.1, 0.15) is 22.4 Å². The molecule has 3 saturated carbocycles. The molecular formula is C37H60Cl2N2O9P2S. The molecule has 4 aliphatic carbocycles. The molecule has 4 aliphatic rings. The first-order valence-corrected chi connectivity index (χ1v) is 23.3. The van der Waals surface area contributed by atoms with Gasteiger partial charge in [0.05, 0.1) is 19.3 Å². The Balaban J connectivity index is 0.000000229. The number of carbonyl (C=O) groups is 1. The van der Waals surface area contributed by atoms with Gasteiger partial charge in [0.25, 0.3) is 0 Å². The summed E-state index contributed by atoms with van der Waals surface area (Å²) in [5.74, 6) is 4.37. The summed E-state index contributed by atoms with van der Waals surface area (Å²) in [6.45, 7) is 14.5. The fourth-order valence-electron chi connectivity index (χ4n) is 8.96. The lowest BCUT2D eigenvalue weighted by Gasteiger charge is -2.57. The number of phosphoric ester groups is 1. The van der Waals surface area contributed by atoms with Crippen molar-refractivity contribution in [3.05, 3.63) is 40.0 Å². The van der Waals surface area contributed by atoms with Crippen molar-refractivity contribution in [1.82, 2.24) is 9.97 Å². The minimum Gasteiger partial charge on any atom is -0.409 e. The summed E-state index contributed by atoms with van der Waals surface area (Å²) in [6, 6.07) is 1.74. The molecule has 1 N–H and O–H groups in total. The first-order valence-electron chi connectivity index (χ1n) is 18.5. The standard InChI is InChI=1S/C21H32O2.C12H21N2O3PS.C4H7Cl2O4P/c1-13(22)17-6-7-18-16-5-4-14-12-15(23)8-10-20(14,2)19(16)9-11-21(17,18)3;1-6-15-18(19,16-7-2)17-11-8-10(5)13-12(14-11)9(3)4;1-8-11(7,9-2)10-3-4(5)6/h4,15-19,23H,5-12H2,1-3H3;8-9H,6-7H2,1-5H3;3H,1-2H3/t15-,16-,17+,18-,19-,20-,21+;;/m0../s1. The second kappa shape index (κ2) is 20.0. The molecule has 0 saturated heterocycles. The number of aliphatic hydroxyl groups is 1. The van der Waals surface area contributed by atoms with E-state index in [0.717, 1.165) is 61.2 Å². The van der Waals surface area contributed by atoms with Crippen LogP contribution in [0.5, 0.6) is 5.88 Å². The zero-order valence-electron chi connectivity index (χ0n) is 32.9. The number of Topliss-reactive ketones (excluding diaryl/α,β-unsaturated/α-hetero) is 1. The molecule has 1 aromatic rings. The van der Waals surface area contributed by atoms with Crippen LogP contribution in [-0.2, 0) is 43.8 Å². The molecule has 16 heteroatoms. The van der Waals surface area contributed by atoms with Crippen LogP contribution < -0.4 is 4.52 Å². The minimum absolute atomic E-state index is 0.117. The first-order chi connectivity index (χ1) is 24.8. The van der Waals surface area contributed by atoms with Crippen LogP contribution in [0.15, 0.2) is 28.5 Å². The van der Waals surface area contributed by atoms with E-state index in [1.54, 1.807) is 11.6 Å². The summed E-state index contributed by atoms with van der Waals surface area (Å²) in [4.78, 5) is 20.9. The summed E-state index contributed by atoms with van der Waals surface area (Å²) in [5, 5.41) is 10.1. The molecule has 0 amide bonds. The minimum atomic E-state index is -3.48. The third kappa shape index (κ3) is 11.8. The van der Waals surface area contributed by atoms with Crippen molar-refractivity contribution in [2.75, 3.05) is 27.4 Å². The van der Waals surface area contributed by atoms with Crippen molar-refractivity contribution in [1.29, 1.82) is 0 Å². The van der Waals surface area contributed by atoms with Gasteiger partial charge in [0.2, 0.25) is 5.88 Å². The van der Waals surface area contributed by atoms with E-state index in [4.69, 9.17) is 48.6 Å². The van der Waals surface area contributed by atoms with Gasteiger partial charge in [-0.15, -0.1) is 0 Å². The van der Waals surface area contributed by atoms with Crippen LogP contribution in [0, 0.1) is 41.4 Å². The first kappa shape index (κ1) is 46.5. The van der Waals surface area contributed by atoms with E-state index >= 15 is 0 Å². The number of ketones is 1. The zero-order chi connectivity index (χ0) is 39.8. The highest BCUT2D eigenvalue weighted by Crippen LogP contribution is 2.66. The number of hydrogen-bond acceptors (Lipinski definition) is 12. The Morgan fingerprint density at radius 3 is 2.25 bits per heavy atom. The molecule has 0 unspecified atom stereocenters. The highest BCUT2D eigenvalue weighted by Gasteiger charge is 2.59. The molecular weight excluding hydrogens is 781 g/mol. The highest BCUT2D eigenvalue weighted by atomic mass is 35.5. The van der Waals surface area contributed by atoms with Gasteiger partial charge in [-0.3, -0.25) is 22.9 Å². The second-order valence-electron chi connectivity index (χ2n) is 15.0. The number of nitrogens with zero attached hydrogens (tertiary/aromatic N) is 2. The number of aromatic nitrogens is 2. The van der Waals surface area contributed by atoms with Gasteiger partial charge < -0.3 is 14.2 Å². The number of allylic oxidation sites excluding steroid dienone is 1. The molecule has 5 rings (SSSR count). The van der Waals surface area contributed by atoms with Crippen LogP contribution in [0.1, 0.15) is 117 Å². The van der Waals surface area contributed by atoms with Crippen molar-refractivity contribution in [2.45, 2.75) is 119 Å². The normalized spacial score (nSPS) is 29.2. The van der Waals surface area contributed by atoms with E-state index in [0.29, 0.717) is 36.2 Å². The van der Waals surface area contributed by atoms with Gasteiger partial charge in [-0.2, -0.15) is 4.98 Å². The number of aryl methyl sites for hydroxylation is 1. The lowest BCUT2D eigenvalue weighted by Crippen LogP contribution is -2.50. The fraction of sp³-hybridized carbons (Fsp3) is 0.757. The molecule has 0 radical (unpaired) electrons. The number of hydrogen-bond donors (Lipinski definition) is 1. The van der Waals surface area contributed by atoms with E-state index in [9.17, 15) is 14.5 Å². The lowest BCUT2D eigenvalue weighted by atomic mass is 9.47. The molecule has 302 valence electrons. The Bertz CT molecular complexity index is 1540. The summed E-state index contributed by atoms with van der Waals surface area (Å²) < 4.78 is 40.7. The van der Waals surface area contributed by atoms with Crippen molar-refractivity contribution >= 4 is 55.3 Å². The maximum atomic E-state index is 12.2. The van der Waals surface area contributed by atoms with E-state index < -0.39 is 14.5 Å². The fourth-order valence-corrected chi connectivity index (χ4v) is 11.7. The Labute approximate surface area is 332 Å². The average Bonchev–Trinajstić information content (AvgIpc) is 3.45. The molecule has 1 aromatic heterocycles. The van der Waals surface area contributed by atoms with Crippen LogP contribution in [0.3, 0.4) is 0 Å². The summed E-state index contributed by atoms with van der Waals surface area (Å²) in [6.07, 6.45) is 12.3. The van der Waals surface area contributed by atoms with Crippen LogP contribution in [0.4, 0.5) is 0 Å². The lowest BCUT2D eigenvalue weighted by molar-refractivity contribution is -0.127. The number of rotatable bonds is 12. The number of fused-ring (bicyclic) bond motifs is 5. The smallest absolute Gasteiger partial charge is 0.409 e. The maximum absolute atomic E-state index is 12.2. The highest BCUT2D eigenvalue weighted by molar-refractivity contribution is 8.07. The van der Waals surface area contributed by atoms with Crippen molar-refractivity contribution in [3.63, 3.8) is 0 Å². The summed E-state index contributed by atoms with van der Waals surface area (Å²) in [5.41, 5.74) is 2.95. The topological polar surface area (TPSA) is 136 Å². The van der Waals surface area contributed by atoms with Crippen LogP contribution >= 0.6 is 37.7 Å². The monoisotopic (exact) mass is 840 g/mol. The Morgan fingerprint density at radius 2 is 1.70 bits per heavy atom. The third-order valence-corrected chi connectivity index (χ3v) is 15.3. The predicted octanol–water partition coefficient (Wildman–Crippen LogP) is 10.8. The Hall–Kier alpha value is -0.910. The summed E-state index contributed by atoms with van der Waals surface area (Å²) >= 11 is 15.7. The predicted molar refractivity (Wildman–Crippen MR) is 213 cm³/mol.